The van der Waals surface area contributed by atoms with E-state index in [0.29, 0.717) is 11.6 Å². The van der Waals surface area contributed by atoms with E-state index in [2.05, 4.69) is 22.9 Å². The van der Waals surface area contributed by atoms with Gasteiger partial charge in [0.05, 0.1) is 0 Å². The monoisotopic (exact) mass is 206 g/mol. The molecule has 0 aromatic rings. The molecule has 0 amide bonds. The van der Waals surface area contributed by atoms with E-state index in [4.69, 9.17) is 9.47 Å². The van der Waals surface area contributed by atoms with E-state index in [0.717, 1.165) is 18.6 Å². The van der Waals surface area contributed by atoms with Gasteiger partial charge in [0.2, 0.25) is 6.79 Å². The van der Waals surface area contributed by atoms with Crippen molar-refractivity contribution < 1.29 is 9.47 Å². The largest absolute Gasteiger partial charge is 0.462 e. The Hall–Kier alpha value is -0.180. The van der Waals surface area contributed by atoms with Crippen LogP contribution in [0.3, 0.4) is 0 Å². The number of allylic oxidation sites excluding steroid dienone is 1. The van der Waals surface area contributed by atoms with Crippen LogP contribution in [-0.2, 0) is 9.47 Å². The molecular formula is C7H11BrO2. The van der Waals surface area contributed by atoms with Crippen LogP contribution in [0.4, 0.5) is 0 Å². The Morgan fingerprint density at radius 3 is 3.10 bits per heavy atom. The average Bonchev–Trinajstić information content (AvgIpc) is 2.40. The van der Waals surface area contributed by atoms with Crippen LogP contribution in [0.1, 0.15) is 19.8 Å². The molecule has 2 nitrogen and oxygen atoms in total. The number of alkyl halides is 1. The maximum Gasteiger partial charge on any atom is 0.229 e. The van der Waals surface area contributed by atoms with Gasteiger partial charge in [-0.1, -0.05) is 22.9 Å². The van der Waals surface area contributed by atoms with Gasteiger partial charge in [-0.15, -0.1) is 0 Å². The van der Waals surface area contributed by atoms with Gasteiger partial charge in [0, 0.05) is 11.2 Å². The lowest BCUT2D eigenvalue weighted by atomic mass is 10.2. The van der Waals surface area contributed by atoms with Gasteiger partial charge in [0.25, 0.3) is 0 Å². The Morgan fingerprint density at radius 2 is 2.60 bits per heavy atom. The minimum atomic E-state index is 0.388. The second-order valence-electron chi connectivity index (χ2n) is 2.22. The van der Waals surface area contributed by atoms with E-state index in [1.165, 1.54) is 0 Å². The number of ether oxygens (including phenoxy) is 2. The Morgan fingerprint density at radius 1 is 1.80 bits per heavy atom. The van der Waals surface area contributed by atoms with E-state index in [1.54, 1.807) is 6.26 Å². The van der Waals surface area contributed by atoms with Crippen molar-refractivity contribution in [2.24, 2.45) is 0 Å². The molecule has 0 aliphatic carbocycles. The third kappa shape index (κ3) is 2.21. The van der Waals surface area contributed by atoms with E-state index in [-0.39, 0.29) is 0 Å². The van der Waals surface area contributed by atoms with Gasteiger partial charge in [0.15, 0.2) is 0 Å². The van der Waals surface area contributed by atoms with Gasteiger partial charge < -0.3 is 9.47 Å². The van der Waals surface area contributed by atoms with Crippen molar-refractivity contribution in [3.8, 4) is 0 Å². The number of rotatable bonds is 3. The third-order valence-corrected chi connectivity index (χ3v) is 2.36. The molecule has 1 aliphatic heterocycles. The lowest BCUT2D eigenvalue weighted by molar-refractivity contribution is 0.0779. The quantitative estimate of drug-likeness (QED) is 0.661. The second kappa shape index (κ2) is 3.86. The van der Waals surface area contributed by atoms with Gasteiger partial charge in [-0.2, -0.15) is 0 Å². The highest BCUT2D eigenvalue weighted by Crippen LogP contribution is 2.19. The zero-order valence-electron chi connectivity index (χ0n) is 5.97. The first-order chi connectivity index (χ1) is 4.83. The van der Waals surface area contributed by atoms with E-state index >= 15 is 0 Å². The molecule has 10 heavy (non-hydrogen) atoms. The molecule has 0 aromatic carbocycles. The van der Waals surface area contributed by atoms with Gasteiger partial charge >= 0.3 is 0 Å². The van der Waals surface area contributed by atoms with Crippen LogP contribution >= 0.6 is 15.9 Å². The molecule has 0 spiro atoms. The molecule has 0 fully saturated rings. The van der Waals surface area contributed by atoms with Crippen molar-refractivity contribution in [2.75, 3.05) is 6.79 Å². The molecule has 0 radical (unpaired) electrons. The second-order valence-corrected chi connectivity index (χ2v) is 3.52. The maximum atomic E-state index is 5.13. The summed E-state index contributed by atoms with van der Waals surface area (Å²) in [6.45, 7) is 2.52. The third-order valence-electron chi connectivity index (χ3n) is 1.39. The molecule has 58 valence electrons. The highest BCUT2D eigenvalue weighted by molar-refractivity contribution is 9.09. The summed E-state index contributed by atoms with van der Waals surface area (Å²) in [6.07, 6.45) is 3.72. The fourth-order valence-electron chi connectivity index (χ4n) is 0.740. The summed E-state index contributed by atoms with van der Waals surface area (Å²) in [6, 6.07) is 0. The summed E-state index contributed by atoms with van der Waals surface area (Å²) in [5.74, 6) is 0.948. The molecule has 0 saturated carbocycles. The molecule has 1 rings (SSSR count). The van der Waals surface area contributed by atoms with E-state index < -0.39 is 0 Å². The molecule has 0 aromatic heterocycles. The predicted octanol–water partition coefficient (Wildman–Crippen LogP) is 2.40. The molecular weight excluding hydrogens is 196 g/mol. The molecule has 0 bridgehead atoms. The number of hydrogen-bond donors (Lipinski definition) is 0. The Bertz CT molecular complexity index is 134. The SMILES string of the molecule is CCC(Br)CC1=COCO1. The zero-order chi connectivity index (χ0) is 7.40. The van der Waals surface area contributed by atoms with Crippen molar-refractivity contribution in [3.05, 3.63) is 12.0 Å². The summed E-state index contributed by atoms with van der Waals surface area (Å²) < 4.78 is 10.0. The normalized spacial score (nSPS) is 19.2. The molecule has 1 heterocycles. The highest BCUT2D eigenvalue weighted by Gasteiger charge is 2.10. The Kier molecular flexibility index (Phi) is 3.06. The summed E-state index contributed by atoms with van der Waals surface area (Å²) in [4.78, 5) is 0.514. The van der Waals surface area contributed by atoms with Gasteiger partial charge in [-0.05, 0) is 6.42 Å². The molecule has 0 saturated heterocycles. The van der Waals surface area contributed by atoms with Gasteiger partial charge in [-0.3, -0.25) is 0 Å². The Balaban J connectivity index is 2.23. The van der Waals surface area contributed by atoms with Crippen LogP contribution in [0.2, 0.25) is 0 Å². The first-order valence-electron chi connectivity index (χ1n) is 3.40. The fourth-order valence-corrected chi connectivity index (χ4v) is 1.06. The first kappa shape index (κ1) is 7.92. The predicted molar refractivity (Wildman–Crippen MR) is 42.7 cm³/mol. The minimum Gasteiger partial charge on any atom is -0.462 e. The molecule has 1 aliphatic rings. The van der Waals surface area contributed by atoms with Crippen LogP contribution in [0, 0.1) is 0 Å². The fraction of sp³-hybridized carbons (Fsp3) is 0.714. The number of halogens is 1. The van der Waals surface area contributed by atoms with Gasteiger partial charge in [-0.25, -0.2) is 0 Å². The zero-order valence-corrected chi connectivity index (χ0v) is 7.56. The molecule has 1 atom stereocenters. The summed E-state index contributed by atoms with van der Waals surface area (Å²) in [5, 5.41) is 0. The molecule has 0 N–H and O–H groups in total. The van der Waals surface area contributed by atoms with E-state index in [1.807, 2.05) is 0 Å². The minimum absolute atomic E-state index is 0.388. The van der Waals surface area contributed by atoms with Crippen LogP contribution in [0.15, 0.2) is 12.0 Å². The van der Waals surface area contributed by atoms with E-state index in [9.17, 15) is 0 Å². The topological polar surface area (TPSA) is 18.5 Å². The average molecular weight is 207 g/mol. The molecule has 1 unspecified atom stereocenters. The van der Waals surface area contributed by atoms with Crippen LogP contribution in [-0.4, -0.2) is 11.6 Å². The summed E-state index contributed by atoms with van der Waals surface area (Å²) in [5.41, 5.74) is 0. The number of hydrogen-bond acceptors (Lipinski definition) is 2. The van der Waals surface area contributed by atoms with Crippen LogP contribution < -0.4 is 0 Å². The van der Waals surface area contributed by atoms with Crippen LogP contribution in [0.25, 0.3) is 0 Å². The maximum absolute atomic E-state index is 5.13. The summed E-state index contributed by atoms with van der Waals surface area (Å²) >= 11 is 3.51. The van der Waals surface area contributed by atoms with Gasteiger partial charge in [0.1, 0.15) is 12.0 Å². The molecule has 3 heteroatoms. The van der Waals surface area contributed by atoms with Crippen molar-refractivity contribution in [1.82, 2.24) is 0 Å². The smallest absolute Gasteiger partial charge is 0.229 e. The van der Waals surface area contributed by atoms with Crippen molar-refractivity contribution in [2.45, 2.75) is 24.6 Å². The lowest BCUT2D eigenvalue weighted by Crippen LogP contribution is -1.97. The van der Waals surface area contributed by atoms with Crippen molar-refractivity contribution in [3.63, 3.8) is 0 Å². The van der Waals surface area contributed by atoms with Crippen LogP contribution in [0.5, 0.6) is 0 Å². The highest BCUT2D eigenvalue weighted by atomic mass is 79.9. The Labute approximate surface area is 69.3 Å². The standard InChI is InChI=1S/C7H11BrO2/c1-2-6(8)3-7-4-9-5-10-7/h4,6H,2-3,5H2,1H3. The van der Waals surface area contributed by atoms with Crippen molar-refractivity contribution >= 4 is 15.9 Å². The lowest BCUT2D eigenvalue weighted by Gasteiger charge is -2.04. The first-order valence-corrected chi connectivity index (χ1v) is 4.32. The summed E-state index contributed by atoms with van der Waals surface area (Å²) in [7, 11) is 0. The van der Waals surface area contributed by atoms with Crippen molar-refractivity contribution in [1.29, 1.82) is 0 Å².